The van der Waals surface area contributed by atoms with Gasteiger partial charge in [0.25, 0.3) is 0 Å². The fourth-order valence-corrected chi connectivity index (χ4v) is 0. The van der Waals surface area contributed by atoms with Crippen molar-refractivity contribution in [1.29, 1.82) is 0 Å². The zero-order chi connectivity index (χ0) is 6.08. The van der Waals surface area contributed by atoms with Gasteiger partial charge in [-0.05, 0) is 11.6 Å². The Morgan fingerprint density at radius 2 is 1.43 bits per heavy atom. The Morgan fingerprint density at radius 1 is 1.29 bits per heavy atom. The lowest BCUT2D eigenvalue weighted by molar-refractivity contribution is -0.0629. The Balaban J connectivity index is 3.54. The molecule has 44 valence electrons. The summed E-state index contributed by atoms with van der Waals surface area (Å²) in [6, 6.07) is 0. The minimum Gasteiger partial charge on any atom is -0.202 e. The maximum Gasteiger partial charge on any atom is 0.381 e. The average Bonchev–Trinajstić information content (AvgIpc) is 1.31. The molecule has 0 bridgehead atoms. The van der Waals surface area contributed by atoms with E-state index in [9.17, 15) is 17.6 Å². The van der Waals surface area contributed by atoms with Crippen LogP contribution in [-0.4, -0.2) is 11.8 Å². The first-order valence-corrected chi connectivity index (χ1v) is 1.67. The molecule has 0 aromatic heterocycles. The summed E-state index contributed by atoms with van der Waals surface area (Å²) in [6.45, 7) is 0. The van der Waals surface area contributed by atoms with Crippen molar-refractivity contribution in [3.05, 3.63) is 0 Å². The largest absolute Gasteiger partial charge is 0.381 e. The highest BCUT2D eigenvalue weighted by molar-refractivity contribution is 6.21. The van der Waals surface area contributed by atoms with Crippen LogP contribution in [0.2, 0.25) is 0 Å². The standard InChI is InChI=1S/C2HClF4/c3-2(6,7)1(4)5/h1H. The molecule has 0 radical (unpaired) electrons. The van der Waals surface area contributed by atoms with E-state index in [4.69, 9.17) is 0 Å². The third kappa shape index (κ3) is 2.68. The summed E-state index contributed by atoms with van der Waals surface area (Å²) in [5, 5.41) is -4.36. The van der Waals surface area contributed by atoms with Crippen LogP contribution >= 0.6 is 11.6 Å². The Labute approximate surface area is 42.1 Å². The molecule has 5 heteroatoms. The molecule has 7 heavy (non-hydrogen) atoms. The van der Waals surface area contributed by atoms with E-state index in [1.165, 1.54) is 0 Å². The fraction of sp³-hybridized carbons (Fsp3) is 1.00. The van der Waals surface area contributed by atoms with Crippen molar-refractivity contribution >= 4 is 11.6 Å². The summed E-state index contributed by atoms with van der Waals surface area (Å²) in [5.41, 5.74) is 0. The molecule has 0 saturated carbocycles. The summed E-state index contributed by atoms with van der Waals surface area (Å²) < 4.78 is 43.0. The van der Waals surface area contributed by atoms with Crippen LogP contribution in [0.25, 0.3) is 0 Å². The third-order valence-corrected chi connectivity index (χ3v) is 0.412. The SMILES string of the molecule is FC(F)C(F)(F)Cl. The zero-order valence-corrected chi connectivity index (χ0v) is 3.72. The first kappa shape index (κ1) is 7.01. The topological polar surface area (TPSA) is 0 Å². The van der Waals surface area contributed by atoms with Gasteiger partial charge in [0.2, 0.25) is 0 Å². The van der Waals surface area contributed by atoms with Gasteiger partial charge in [-0.1, -0.05) is 0 Å². The monoisotopic (exact) mass is 136 g/mol. The van der Waals surface area contributed by atoms with Crippen LogP contribution in [0.1, 0.15) is 0 Å². The van der Waals surface area contributed by atoms with E-state index in [0.29, 0.717) is 0 Å². The van der Waals surface area contributed by atoms with E-state index < -0.39 is 11.8 Å². The Kier molecular flexibility index (Phi) is 1.86. The number of hydrogen-bond acceptors (Lipinski definition) is 0. The maximum absolute atomic E-state index is 10.9. The summed E-state index contributed by atoms with van der Waals surface area (Å²) in [4.78, 5) is 0. The normalized spacial score (nSPS) is 12.9. The van der Waals surface area contributed by atoms with Crippen molar-refractivity contribution in [3.8, 4) is 0 Å². The summed E-state index contributed by atoms with van der Waals surface area (Å²) in [7, 11) is 0. The minimum atomic E-state index is -4.36. The van der Waals surface area contributed by atoms with Gasteiger partial charge in [0, 0.05) is 0 Å². The summed E-state index contributed by atoms with van der Waals surface area (Å²) in [6.07, 6.45) is -3.77. The van der Waals surface area contributed by atoms with Gasteiger partial charge >= 0.3 is 11.8 Å². The average molecular weight is 136 g/mol. The molecule has 0 saturated heterocycles. The molecule has 0 aromatic rings. The van der Waals surface area contributed by atoms with Gasteiger partial charge in [-0.2, -0.15) is 8.78 Å². The van der Waals surface area contributed by atoms with Gasteiger partial charge in [0.1, 0.15) is 0 Å². The van der Waals surface area contributed by atoms with E-state index in [-0.39, 0.29) is 0 Å². The predicted molar refractivity (Wildman–Crippen MR) is 16.8 cm³/mol. The lowest BCUT2D eigenvalue weighted by Crippen LogP contribution is -2.17. The molecular formula is C2HClF4. The van der Waals surface area contributed by atoms with Gasteiger partial charge in [-0.15, -0.1) is 0 Å². The van der Waals surface area contributed by atoms with Crippen LogP contribution in [-0.2, 0) is 0 Å². The molecule has 0 aliphatic rings. The highest BCUT2D eigenvalue weighted by Crippen LogP contribution is 2.26. The molecule has 0 heterocycles. The molecule has 0 spiro atoms. The molecule has 0 N–H and O–H groups in total. The molecule has 0 rings (SSSR count). The first-order valence-electron chi connectivity index (χ1n) is 1.29. The number of halogens is 5. The molecule has 0 nitrogen and oxygen atoms in total. The van der Waals surface area contributed by atoms with Crippen molar-refractivity contribution in [2.75, 3.05) is 0 Å². The maximum atomic E-state index is 10.9. The number of hydrogen-bond donors (Lipinski definition) is 0. The summed E-state index contributed by atoms with van der Waals surface area (Å²) in [5.74, 6) is 0. The van der Waals surface area contributed by atoms with Gasteiger partial charge < -0.3 is 0 Å². The van der Waals surface area contributed by atoms with Crippen molar-refractivity contribution < 1.29 is 17.6 Å². The first-order chi connectivity index (χ1) is 2.94. The van der Waals surface area contributed by atoms with Crippen LogP contribution in [0.3, 0.4) is 0 Å². The van der Waals surface area contributed by atoms with Gasteiger partial charge in [0.05, 0.1) is 0 Å². The zero-order valence-electron chi connectivity index (χ0n) is 2.97. The van der Waals surface area contributed by atoms with Crippen LogP contribution in [0.5, 0.6) is 0 Å². The Morgan fingerprint density at radius 3 is 1.43 bits per heavy atom. The molecule has 0 aliphatic carbocycles. The van der Waals surface area contributed by atoms with Crippen LogP contribution in [0, 0.1) is 0 Å². The number of alkyl halides is 5. The van der Waals surface area contributed by atoms with Crippen molar-refractivity contribution in [2.24, 2.45) is 0 Å². The third-order valence-electron chi connectivity index (χ3n) is 0.247. The van der Waals surface area contributed by atoms with Crippen molar-refractivity contribution in [1.82, 2.24) is 0 Å². The second-order valence-corrected chi connectivity index (χ2v) is 1.35. The van der Waals surface area contributed by atoms with E-state index >= 15 is 0 Å². The fourth-order valence-electron chi connectivity index (χ4n) is 0. The Hall–Kier alpha value is 0.01000. The van der Waals surface area contributed by atoms with Crippen LogP contribution in [0.15, 0.2) is 0 Å². The molecule has 0 aliphatic heterocycles. The number of rotatable bonds is 1. The van der Waals surface area contributed by atoms with E-state index in [1.54, 1.807) is 0 Å². The molecule has 0 unspecified atom stereocenters. The van der Waals surface area contributed by atoms with Gasteiger partial charge in [-0.25, -0.2) is 8.78 Å². The Bertz CT molecular complexity index is 55.2. The highest BCUT2D eigenvalue weighted by Gasteiger charge is 2.37. The molecule has 0 aromatic carbocycles. The van der Waals surface area contributed by atoms with Crippen molar-refractivity contribution in [2.45, 2.75) is 11.8 Å². The minimum absolute atomic E-state index is 3.77. The van der Waals surface area contributed by atoms with Gasteiger partial charge in [-0.3, -0.25) is 0 Å². The molecule has 0 atom stereocenters. The second kappa shape index (κ2) is 1.86. The van der Waals surface area contributed by atoms with Crippen LogP contribution < -0.4 is 0 Å². The van der Waals surface area contributed by atoms with Crippen LogP contribution in [0.4, 0.5) is 17.6 Å². The second-order valence-electron chi connectivity index (χ2n) is 0.842. The predicted octanol–water partition coefficient (Wildman–Crippen LogP) is 2.08. The van der Waals surface area contributed by atoms with E-state index in [1.807, 2.05) is 0 Å². The van der Waals surface area contributed by atoms with Gasteiger partial charge in [0.15, 0.2) is 0 Å². The highest BCUT2D eigenvalue weighted by atomic mass is 35.5. The quantitative estimate of drug-likeness (QED) is 0.382. The smallest absolute Gasteiger partial charge is 0.202 e. The summed E-state index contributed by atoms with van der Waals surface area (Å²) >= 11 is 3.78. The molecule has 0 amide bonds. The van der Waals surface area contributed by atoms with E-state index in [2.05, 4.69) is 11.6 Å². The van der Waals surface area contributed by atoms with E-state index in [0.717, 1.165) is 0 Å². The van der Waals surface area contributed by atoms with Crippen molar-refractivity contribution in [3.63, 3.8) is 0 Å². The lowest BCUT2D eigenvalue weighted by Gasteiger charge is -2.02. The lowest BCUT2D eigenvalue weighted by atomic mass is 10.7. The molecular weight excluding hydrogens is 135 g/mol. The molecule has 0 fully saturated rings.